The summed E-state index contributed by atoms with van der Waals surface area (Å²) in [6, 6.07) is -1.09. The Morgan fingerprint density at radius 3 is 1.94 bits per heavy atom. The molecule has 0 radical (unpaired) electrons. The highest BCUT2D eigenvalue weighted by atomic mass is 32.2. The first-order valence-electron chi connectivity index (χ1n) is 6.07. The minimum Gasteiger partial charge on any atom is -0.368 e. The molecule has 0 heterocycles. The summed E-state index contributed by atoms with van der Waals surface area (Å²) in [6.07, 6.45) is 3.70. The normalized spacial score (nSPS) is 13.9. The minimum absolute atomic E-state index is 0.107. The molecule has 0 aliphatic rings. The van der Waals surface area contributed by atoms with E-state index in [0.29, 0.717) is 0 Å². The van der Waals surface area contributed by atoms with Crippen molar-refractivity contribution < 1.29 is 13.2 Å². The van der Waals surface area contributed by atoms with Crippen molar-refractivity contribution in [1.82, 2.24) is 0 Å². The Kier molecular flexibility index (Phi) is 7.38. The van der Waals surface area contributed by atoms with Crippen LogP contribution in [0.25, 0.3) is 0 Å². The van der Waals surface area contributed by atoms with E-state index in [1.807, 2.05) is 13.8 Å². The van der Waals surface area contributed by atoms with Gasteiger partial charge in [-0.25, -0.2) is 8.42 Å². The molecule has 0 bridgehead atoms. The molecule has 6 heteroatoms. The van der Waals surface area contributed by atoms with Crippen LogP contribution in [0.5, 0.6) is 0 Å². The van der Waals surface area contributed by atoms with Crippen LogP contribution in [0.3, 0.4) is 0 Å². The summed E-state index contributed by atoms with van der Waals surface area (Å²) >= 11 is 0. The third kappa shape index (κ3) is 7.33. The Morgan fingerprint density at radius 2 is 1.59 bits per heavy atom. The maximum Gasteiger partial charge on any atom is 0.235 e. The molecule has 4 N–H and O–H groups in total. The van der Waals surface area contributed by atoms with Crippen LogP contribution in [0.1, 0.15) is 39.5 Å². The van der Waals surface area contributed by atoms with Gasteiger partial charge in [0, 0.05) is 0 Å². The fourth-order valence-electron chi connectivity index (χ4n) is 1.91. The van der Waals surface area contributed by atoms with Gasteiger partial charge < -0.3 is 11.5 Å². The predicted octanol–water partition coefficient (Wildman–Crippen LogP) is 0.430. The standard InChI is InChI=1S/C11H24N2O3S/c1-3-5-9(6-4-2)7-17(15,16)8-10(12)11(13)14/h9-10H,3-8,12H2,1-2H3,(H2,13,14)/t10-/m0/s1. The molecule has 17 heavy (non-hydrogen) atoms. The quantitative estimate of drug-likeness (QED) is 0.630. The fourth-order valence-corrected chi connectivity index (χ4v) is 3.81. The van der Waals surface area contributed by atoms with Crippen molar-refractivity contribution >= 4 is 15.7 Å². The number of nitrogens with two attached hydrogens (primary N) is 2. The Bertz CT molecular complexity index is 322. The van der Waals surface area contributed by atoms with Crippen molar-refractivity contribution in [3.8, 4) is 0 Å². The third-order valence-electron chi connectivity index (χ3n) is 2.68. The van der Waals surface area contributed by atoms with Gasteiger partial charge in [0.1, 0.15) is 0 Å². The molecule has 0 aromatic carbocycles. The van der Waals surface area contributed by atoms with E-state index < -0.39 is 21.8 Å². The Balaban J connectivity index is 4.44. The topological polar surface area (TPSA) is 103 Å². The van der Waals surface area contributed by atoms with Gasteiger partial charge in [0.25, 0.3) is 0 Å². The highest BCUT2D eigenvalue weighted by Gasteiger charge is 2.23. The third-order valence-corrected chi connectivity index (χ3v) is 4.53. The van der Waals surface area contributed by atoms with E-state index in [9.17, 15) is 13.2 Å². The lowest BCUT2D eigenvalue weighted by Crippen LogP contribution is -2.42. The predicted molar refractivity (Wildman–Crippen MR) is 69.1 cm³/mol. The number of carbonyl (C=O) groups is 1. The molecule has 0 aliphatic heterocycles. The number of rotatable bonds is 9. The SMILES string of the molecule is CCCC(CCC)CS(=O)(=O)C[C@H](N)C(N)=O. The Morgan fingerprint density at radius 1 is 1.12 bits per heavy atom. The zero-order valence-corrected chi connectivity index (χ0v) is 11.5. The molecule has 0 fully saturated rings. The number of sulfone groups is 1. The summed E-state index contributed by atoms with van der Waals surface area (Å²) in [5, 5.41) is 0. The fraction of sp³-hybridized carbons (Fsp3) is 0.909. The molecule has 0 aromatic heterocycles. The van der Waals surface area contributed by atoms with E-state index in [0.717, 1.165) is 25.7 Å². The van der Waals surface area contributed by atoms with Crippen molar-refractivity contribution in [2.75, 3.05) is 11.5 Å². The van der Waals surface area contributed by atoms with Gasteiger partial charge in [0.2, 0.25) is 5.91 Å². The molecule has 0 aliphatic carbocycles. The second-order valence-corrected chi connectivity index (χ2v) is 6.68. The Labute approximate surface area is 104 Å². The number of hydrogen-bond acceptors (Lipinski definition) is 4. The van der Waals surface area contributed by atoms with Crippen LogP contribution in [-0.2, 0) is 14.6 Å². The van der Waals surface area contributed by atoms with Gasteiger partial charge in [-0.05, 0) is 18.8 Å². The van der Waals surface area contributed by atoms with Crippen LogP contribution in [0, 0.1) is 5.92 Å². The van der Waals surface area contributed by atoms with Crippen LogP contribution in [0.15, 0.2) is 0 Å². The van der Waals surface area contributed by atoms with Gasteiger partial charge in [0.15, 0.2) is 9.84 Å². The molecule has 102 valence electrons. The molecule has 1 atom stereocenters. The highest BCUT2D eigenvalue weighted by Crippen LogP contribution is 2.16. The lowest BCUT2D eigenvalue weighted by atomic mass is 10.0. The molecule has 0 saturated heterocycles. The largest absolute Gasteiger partial charge is 0.368 e. The minimum atomic E-state index is -3.30. The van der Waals surface area contributed by atoms with Gasteiger partial charge in [0.05, 0.1) is 17.5 Å². The van der Waals surface area contributed by atoms with Gasteiger partial charge in [-0.15, -0.1) is 0 Å². The summed E-state index contributed by atoms with van der Waals surface area (Å²) in [5.74, 6) is -0.840. The second-order valence-electron chi connectivity index (χ2n) is 4.53. The molecule has 0 unspecified atom stereocenters. The zero-order chi connectivity index (χ0) is 13.5. The van der Waals surface area contributed by atoms with E-state index in [1.54, 1.807) is 0 Å². The lowest BCUT2D eigenvalue weighted by Gasteiger charge is -2.16. The van der Waals surface area contributed by atoms with Crippen LogP contribution in [0.2, 0.25) is 0 Å². The molecule has 0 aromatic rings. The highest BCUT2D eigenvalue weighted by molar-refractivity contribution is 7.91. The van der Waals surface area contributed by atoms with E-state index in [-0.39, 0.29) is 17.4 Å². The number of amides is 1. The molecular weight excluding hydrogens is 240 g/mol. The maximum absolute atomic E-state index is 11.8. The molecule has 0 rings (SSSR count). The monoisotopic (exact) mass is 264 g/mol. The summed E-state index contributed by atoms with van der Waals surface area (Å²) in [4.78, 5) is 10.7. The lowest BCUT2D eigenvalue weighted by molar-refractivity contribution is -0.118. The average Bonchev–Trinajstić information content (AvgIpc) is 2.16. The average molecular weight is 264 g/mol. The van der Waals surface area contributed by atoms with Crippen molar-refractivity contribution in [3.05, 3.63) is 0 Å². The number of carbonyl (C=O) groups excluding carboxylic acids is 1. The van der Waals surface area contributed by atoms with Gasteiger partial charge in [-0.3, -0.25) is 4.79 Å². The van der Waals surface area contributed by atoms with Crippen molar-refractivity contribution in [3.63, 3.8) is 0 Å². The van der Waals surface area contributed by atoms with Gasteiger partial charge in [-0.1, -0.05) is 26.7 Å². The first kappa shape index (κ1) is 16.4. The first-order valence-corrected chi connectivity index (χ1v) is 7.89. The van der Waals surface area contributed by atoms with Gasteiger partial charge >= 0.3 is 0 Å². The smallest absolute Gasteiger partial charge is 0.235 e. The van der Waals surface area contributed by atoms with Crippen LogP contribution < -0.4 is 11.5 Å². The van der Waals surface area contributed by atoms with Crippen LogP contribution in [0.4, 0.5) is 0 Å². The van der Waals surface area contributed by atoms with Crippen LogP contribution >= 0.6 is 0 Å². The summed E-state index contributed by atoms with van der Waals surface area (Å²) in [6.45, 7) is 4.06. The van der Waals surface area contributed by atoms with Crippen molar-refractivity contribution in [2.45, 2.75) is 45.6 Å². The van der Waals surface area contributed by atoms with E-state index in [1.165, 1.54) is 0 Å². The maximum atomic E-state index is 11.8. The van der Waals surface area contributed by atoms with E-state index in [4.69, 9.17) is 11.5 Å². The summed E-state index contributed by atoms with van der Waals surface area (Å²) in [7, 11) is -3.30. The first-order chi connectivity index (χ1) is 7.82. The van der Waals surface area contributed by atoms with E-state index in [2.05, 4.69) is 0 Å². The number of hydrogen-bond donors (Lipinski definition) is 2. The summed E-state index contributed by atoms with van der Waals surface area (Å²) in [5.41, 5.74) is 10.3. The van der Waals surface area contributed by atoms with Crippen molar-refractivity contribution in [2.24, 2.45) is 17.4 Å². The zero-order valence-electron chi connectivity index (χ0n) is 10.7. The van der Waals surface area contributed by atoms with Crippen molar-refractivity contribution in [1.29, 1.82) is 0 Å². The number of primary amides is 1. The molecule has 0 saturated carbocycles. The molecule has 0 spiro atoms. The second kappa shape index (κ2) is 7.66. The van der Waals surface area contributed by atoms with Gasteiger partial charge in [-0.2, -0.15) is 0 Å². The van der Waals surface area contributed by atoms with Crippen LogP contribution in [-0.4, -0.2) is 31.9 Å². The van der Waals surface area contributed by atoms with E-state index >= 15 is 0 Å². The summed E-state index contributed by atoms with van der Waals surface area (Å²) < 4.78 is 23.6. The Hall–Kier alpha value is -0.620. The molecular formula is C11H24N2O3S. The molecule has 5 nitrogen and oxygen atoms in total. The molecule has 1 amide bonds.